The second-order valence-corrected chi connectivity index (χ2v) is 7.68. The molecule has 0 saturated carbocycles. The summed E-state index contributed by atoms with van der Waals surface area (Å²) in [6.07, 6.45) is 1.05. The van der Waals surface area contributed by atoms with Crippen molar-refractivity contribution in [1.29, 1.82) is 0 Å². The second kappa shape index (κ2) is 7.12. The van der Waals surface area contributed by atoms with Gasteiger partial charge in [0, 0.05) is 7.05 Å². The lowest BCUT2D eigenvalue weighted by Crippen LogP contribution is -2.25. The maximum atomic E-state index is 12.5. The number of anilines is 2. The Labute approximate surface area is 150 Å². The molecule has 0 atom stereocenters. The molecule has 7 nitrogen and oxygen atoms in total. The van der Waals surface area contributed by atoms with Gasteiger partial charge >= 0.3 is 0 Å². The van der Waals surface area contributed by atoms with E-state index in [1.54, 1.807) is 12.1 Å². The SMILES string of the molecule is CN(c1ccc(Cl)c(C(=O)Nc2ccccc2C(N)=O)c1)S(C)(=O)=O. The number of benzene rings is 2. The minimum Gasteiger partial charge on any atom is -0.366 e. The average molecular weight is 382 g/mol. The zero-order valence-electron chi connectivity index (χ0n) is 13.5. The number of sulfonamides is 1. The van der Waals surface area contributed by atoms with E-state index in [1.807, 2.05) is 0 Å². The highest BCUT2D eigenvalue weighted by molar-refractivity contribution is 7.92. The number of carbonyl (C=O) groups is 2. The normalized spacial score (nSPS) is 11.0. The summed E-state index contributed by atoms with van der Waals surface area (Å²) in [7, 11) is -2.13. The number of rotatable bonds is 5. The third-order valence-corrected chi connectivity index (χ3v) is 5.03. The van der Waals surface area contributed by atoms with Crippen LogP contribution in [0.2, 0.25) is 5.02 Å². The van der Waals surface area contributed by atoms with E-state index in [0.717, 1.165) is 10.6 Å². The number of carbonyl (C=O) groups excluding carboxylic acids is 2. The van der Waals surface area contributed by atoms with Gasteiger partial charge in [-0.15, -0.1) is 0 Å². The molecule has 0 aliphatic rings. The van der Waals surface area contributed by atoms with Gasteiger partial charge in [-0.2, -0.15) is 0 Å². The first kappa shape index (κ1) is 18.8. The number of primary amides is 1. The van der Waals surface area contributed by atoms with E-state index in [1.165, 1.54) is 37.4 Å². The van der Waals surface area contributed by atoms with Gasteiger partial charge in [0.05, 0.1) is 33.8 Å². The lowest BCUT2D eigenvalue weighted by Gasteiger charge is -2.18. The first-order chi connectivity index (χ1) is 11.6. The third kappa shape index (κ3) is 4.28. The van der Waals surface area contributed by atoms with Crippen LogP contribution in [0.25, 0.3) is 0 Å². The van der Waals surface area contributed by atoms with Crippen LogP contribution in [0, 0.1) is 0 Å². The maximum absolute atomic E-state index is 12.5. The Kier molecular flexibility index (Phi) is 5.34. The largest absolute Gasteiger partial charge is 0.366 e. The molecule has 0 aliphatic heterocycles. The standard InChI is InChI=1S/C16H16ClN3O4S/c1-20(25(2,23)24)10-7-8-13(17)12(9-10)16(22)19-14-6-4-3-5-11(14)15(18)21/h3-9H,1-2H3,(H2,18,21)(H,19,22). The summed E-state index contributed by atoms with van der Waals surface area (Å²) in [5.41, 5.74) is 6.01. The Balaban J connectivity index is 2.39. The van der Waals surface area contributed by atoms with Crippen LogP contribution in [-0.4, -0.2) is 33.5 Å². The molecule has 0 unspecified atom stereocenters. The fraction of sp³-hybridized carbons (Fsp3) is 0.125. The van der Waals surface area contributed by atoms with E-state index in [2.05, 4.69) is 5.32 Å². The smallest absolute Gasteiger partial charge is 0.257 e. The predicted molar refractivity (Wildman–Crippen MR) is 97.6 cm³/mol. The number of nitrogens with one attached hydrogen (secondary N) is 1. The molecule has 0 saturated heterocycles. The highest BCUT2D eigenvalue weighted by Crippen LogP contribution is 2.25. The van der Waals surface area contributed by atoms with E-state index < -0.39 is 21.8 Å². The van der Waals surface area contributed by atoms with Crippen molar-refractivity contribution in [3.8, 4) is 0 Å². The van der Waals surface area contributed by atoms with Crippen molar-refractivity contribution < 1.29 is 18.0 Å². The topological polar surface area (TPSA) is 110 Å². The number of amides is 2. The Bertz CT molecular complexity index is 944. The molecular weight excluding hydrogens is 366 g/mol. The van der Waals surface area contributed by atoms with Gasteiger partial charge in [0.1, 0.15) is 0 Å². The monoisotopic (exact) mass is 381 g/mol. The van der Waals surface area contributed by atoms with E-state index in [9.17, 15) is 18.0 Å². The van der Waals surface area contributed by atoms with Crippen LogP contribution < -0.4 is 15.4 Å². The van der Waals surface area contributed by atoms with Gasteiger partial charge in [-0.1, -0.05) is 23.7 Å². The molecule has 0 radical (unpaired) electrons. The molecule has 0 heterocycles. The van der Waals surface area contributed by atoms with Gasteiger partial charge in [0.15, 0.2) is 0 Å². The highest BCUT2D eigenvalue weighted by Gasteiger charge is 2.18. The molecule has 2 amide bonds. The number of hydrogen-bond donors (Lipinski definition) is 2. The van der Waals surface area contributed by atoms with Crippen molar-refractivity contribution in [3.63, 3.8) is 0 Å². The van der Waals surface area contributed by atoms with E-state index >= 15 is 0 Å². The molecule has 0 spiro atoms. The van der Waals surface area contributed by atoms with Gasteiger partial charge in [-0.25, -0.2) is 8.42 Å². The van der Waals surface area contributed by atoms with Crippen LogP contribution in [0.5, 0.6) is 0 Å². The van der Waals surface area contributed by atoms with Crippen molar-refractivity contribution >= 4 is 44.8 Å². The zero-order chi connectivity index (χ0) is 18.8. The first-order valence-electron chi connectivity index (χ1n) is 7.05. The Hall–Kier alpha value is -2.58. The summed E-state index contributed by atoms with van der Waals surface area (Å²) in [5, 5.41) is 2.70. The maximum Gasteiger partial charge on any atom is 0.257 e. The van der Waals surface area contributed by atoms with Gasteiger partial charge in [0.2, 0.25) is 10.0 Å². The van der Waals surface area contributed by atoms with Crippen LogP contribution in [0.4, 0.5) is 11.4 Å². The Morgan fingerprint density at radius 2 is 1.76 bits per heavy atom. The number of hydrogen-bond acceptors (Lipinski definition) is 4. The predicted octanol–water partition coefficient (Wildman–Crippen LogP) is 2.09. The van der Waals surface area contributed by atoms with Crippen molar-refractivity contribution in [2.75, 3.05) is 22.9 Å². The molecule has 9 heteroatoms. The third-order valence-electron chi connectivity index (χ3n) is 3.50. The summed E-state index contributed by atoms with van der Waals surface area (Å²) < 4.78 is 24.3. The van der Waals surface area contributed by atoms with Gasteiger partial charge in [-0.05, 0) is 30.3 Å². The summed E-state index contributed by atoms with van der Waals surface area (Å²) in [6.45, 7) is 0. The van der Waals surface area contributed by atoms with Gasteiger partial charge < -0.3 is 11.1 Å². The molecule has 0 bridgehead atoms. The summed E-state index contributed by atoms with van der Waals surface area (Å²) in [6, 6.07) is 10.5. The van der Waals surface area contributed by atoms with Crippen LogP contribution >= 0.6 is 11.6 Å². The number of nitrogens with two attached hydrogens (primary N) is 1. The van der Waals surface area contributed by atoms with Crippen molar-refractivity contribution in [2.45, 2.75) is 0 Å². The van der Waals surface area contributed by atoms with Gasteiger partial charge in [0.25, 0.3) is 11.8 Å². The fourth-order valence-corrected chi connectivity index (χ4v) is 2.77. The lowest BCUT2D eigenvalue weighted by atomic mass is 10.1. The van der Waals surface area contributed by atoms with Crippen molar-refractivity contribution in [1.82, 2.24) is 0 Å². The zero-order valence-corrected chi connectivity index (χ0v) is 15.1. The van der Waals surface area contributed by atoms with Crippen molar-refractivity contribution in [2.24, 2.45) is 5.73 Å². The van der Waals surface area contributed by atoms with Crippen LogP contribution in [-0.2, 0) is 10.0 Å². The average Bonchev–Trinajstić information content (AvgIpc) is 2.54. The molecule has 3 N–H and O–H groups in total. The number of nitrogens with zero attached hydrogens (tertiary/aromatic N) is 1. The minimum absolute atomic E-state index is 0.0638. The summed E-state index contributed by atoms with van der Waals surface area (Å²) >= 11 is 6.06. The quantitative estimate of drug-likeness (QED) is 0.826. The fourth-order valence-electron chi connectivity index (χ4n) is 2.07. The molecule has 25 heavy (non-hydrogen) atoms. The molecule has 2 aromatic rings. The molecule has 132 valence electrons. The van der Waals surface area contributed by atoms with Crippen LogP contribution in [0.15, 0.2) is 42.5 Å². The van der Waals surface area contributed by atoms with E-state index in [-0.39, 0.29) is 27.5 Å². The molecule has 0 fully saturated rings. The van der Waals surface area contributed by atoms with Crippen LogP contribution in [0.1, 0.15) is 20.7 Å². The molecule has 2 aromatic carbocycles. The minimum atomic E-state index is -3.49. The van der Waals surface area contributed by atoms with Crippen LogP contribution in [0.3, 0.4) is 0 Å². The Morgan fingerprint density at radius 3 is 2.36 bits per heavy atom. The molecule has 0 aliphatic carbocycles. The first-order valence-corrected chi connectivity index (χ1v) is 9.27. The lowest BCUT2D eigenvalue weighted by molar-refractivity contribution is 0.100. The number of para-hydroxylation sites is 1. The summed E-state index contributed by atoms with van der Waals surface area (Å²) in [5.74, 6) is -1.28. The molecular formula is C16H16ClN3O4S. The van der Waals surface area contributed by atoms with E-state index in [0.29, 0.717) is 0 Å². The van der Waals surface area contributed by atoms with Crippen molar-refractivity contribution in [3.05, 3.63) is 58.6 Å². The molecule has 2 rings (SSSR count). The summed E-state index contributed by atoms with van der Waals surface area (Å²) in [4.78, 5) is 24.0. The highest BCUT2D eigenvalue weighted by atomic mass is 35.5. The number of halogens is 1. The van der Waals surface area contributed by atoms with E-state index in [4.69, 9.17) is 17.3 Å². The molecule has 0 aromatic heterocycles. The Morgan fingerprint density at radius 1 is 1.12 bits per heavy atom. The van der Waals surface area contributed by atoms with Gasteiger partial charge in [-0.3, -0.25) is 13.9 Å². The second-order valence-electron chi connectivity index (χ2n) is 5.26.